The molecule has 0 aromatic heterocycles. The Morgan fingerprint density at radius 1 is 0.923 bits per heavy atom. The number of fused-ring (bicyclic) bond motifs is 1. The molecule has 0 N–H and O–H groups in total. The topological polar surface area (TPSA) is 26.3 Å². The molecule has 0 radical (unpaired) electrons. The van der Waals surface area contributed by atoms with Gasteiger partial charge >= 0.3 is 5.97 Å². The number of hydrogen-bond donors (Lipinski definition) is 0. The van der Waals surface area contributed by atoms with Gasteiger partial charge in [0.2, 0.25) is 0 Å². The van der Waals surface area contributed by atoms with Crippen molar-refractivity contribution in [3.05, 3.63) is 70.3 Å². The summed E-state index contributed by atoms with van der Waals surface area (Å²) in [4.78, 5) is 11.7. The minimum absolute atomic E-state index is 0.212. The Morgan fingerprint density at radius 2 is 1.50 bits per heavy atom. The molecule has 0 fully saturated rings. The van der Waals surface area contributed by atoms with Gasteiger partial charge in [-0.05, 0) is 58.6 Å². The highest BCUT2D eigenvalue weighted by Crippen LogP contribution is 2.49. The number of esters is 1. The van der Waals surface area contributed by atoms with Crippen molar-refractivity contribution in [2.45, 2.75) is 51.9 Å². The fraction of sp³-hybridized carbons (Fsp3) is 0.375. The number of carbonyl (C=O) groups excluding carboxylic acids is 1. The van der Waals surface area contributed by atoms with Gasteiger partial charge in [0.15, 0.2) is 0 Å². The Kier molecular flexibility index (Phi) is 4.79. The maximum absolute atomic E-state index is 11.7. The zero-order valence-electron chi connectivity index (χ0n) is 16.4. The maximum atomic E-state index is 11.7. The summed E-state index contributed by atoms with van der Waals surface area (Å²) in [5, 5.41) is 0. The zero-order valence-corrected chi connectivity index (χ0v) is 16.4. The molecule has 136 valence electrons. The van der Waals surface area contributed by atoms with Gasteiger partial charge in [-0.1, -0.05) is 70.2 Å². The van der Waals surface area contributed by atoms with Gasteiger partial charge in [0.1, 0.15) is 0 Å². The standard InChI is InChI=1S/C24H28O2/c1-6-26-22(25)19-12-9-17(10-13-19)7-8-18-11-14-20-21(15-18)24(4,5)16-23(20,2)3/h7-15H,6,16H2,1-5H3/b8-7+. The molecule has 1 aliphatic rings. The van der Waals surface area contributed by atoms with E-state index >= 15 is 0 Å². The lowest BCUT2D eigenvalue weighted by Gasteiger charge is -2.22. The van der Waals surface area contributed by atoms with E-state index in [-0.39, 0.29) is 16.8 Å². The Labute approximate surface area is 156 Å². The fourth-order valence-electron chi connectivity index (χ4n) is 4.25. The van der Waals surface area contributed by atoms with E-state index in [1.165, 1.54) is 23.1 Å². The lowest BCUT2D eigenvalue weighted by molar-refractivity contribution is 0.0526. The van der Waals surface area contributed by atoms with Gasteiger partial charge < -0.3 is 4.74 Å². The van der Waals surface area contributed by atoms with Gasteiger partial charge in [0.25, 0.3) is 0 Å². The molecule has 0 spiro atoms. The highest BCUT2D eigenvalue weighted by molar-refractivity contribution is 5.89. The first-order valence-corrected chi connectivity index (χ1v) is 9.33. The van der Waals surface area contributed by atoms with E-state index in [4.69, 9.17) is 4.74 Å². The number of carbonyl (C=O) groups is 1. The predicted octanol–water partition coefficient (Wildman–Crippen LogP) is 5.99. The van der Waals surface area contributed by atoms with Crippen LogP contribution in [0.25, 0.3) is 12.2 Å². The Balaban J connectivity index is 1.81. The largest absolute Gasteiger partial charge is 0.462 e. The predicted molar refractivity (Wildman–Crippen MR) is 108 cm³/mol. The molecule has 0 amide bonds. The molecule has 0 bridgehead atoms. The third-order valence-corrected chi connectivity index (χ3v) is 5.28. The van der Waals surface area contributed by atoms with E-state index in [1.807, 2.05) is 31.2 Å². The SMILES string of the molecule is CCOC(=O)c1ccc(/C=C/c2ccc3c(c2)C(C)(C)CC3(C)C)cc1. The summed E-state index contributed by atoms with van der Waals surface area (Å²) in [6.07, 6.45) is 5.41. The lowest BCUT2D eigenvalue weighted by Crippen LogP contribution is -2.17. The molecule has 2 aromatic rings. The quantitative estimate of drug-likeness (QED) is 0.501. The van der Waals surface area contributed by atoms with Crippen LogP contribution in [0.4, 0.5) is 0 Å². The third-order valence-electron chi connectivity index (χ3n) is 5.28. The second-order valence-corrected chi connectivity index (χ2v) is 8.43. The third kappa shape index (κ3) is 3.60. The average Bonchev–Trinajstić information content (AvgIpc) is 2.78. The molecule has 2 heteroatoms. The van der Waals surface area contributed by atoms with Crippen molar-refractivity contribution in [3.8, 4) is 0 Å². The van der Waals surface area contributed by atoms with E-state index in [0.29, 0.717) is 12.2 Å². The van der Waals surface area contributed by atoms with Crippen LogP contribution < -0.4 is 0 Å². The van der Waals surface area contributed by atoms with Crippen molar-refractivity contribution in [3.63, 3.8) is 0 Å². The summed E-state index contributed by atoms with van der Waals surface area (Å²) in [7, 11) is 0. The highest BCUT2D eigenvalue weighted by atomic mass is 16.5. The number of rotatable bonds is 4. The lowest BCUT2D eigenvalue weighted by atomic mass is 9.82. The molecular weight excluding hydrogens is 320 g/mol. The first-order chi connectivity index (χ1) is 12.2. The zero-order chi connectivity index (χ0) is 18.9. The fourth-order valence-corrected chi connectivity index (χ4v) is 4.25. The molecule has 0 unspecified atom stereocenters. The van der Waals surface area contributed by atoms with Gasteiger partial charge in [0.05, 0.1) is 12.2 Å². The van der Waals surface area contributed by atoms with Crippen molar-refractivity contribution in [2.24, 2.45) is 0 Å². The van der Waals surface area contributed by atoms with Crippen LogP contribution in [0.2, 0.25) is 0 Å². The second-order valence-electron chi connectivity index (χ2n) is 8.43. The van der Waals surface area contributed by atoms with Crippen LogP contribution in [0.5, 0.6) is 0 Å². The van der Waals surface area contributed by atoms with Crippen LogP contribution in [0.1, 0.15) is 73.7 Å². The molecule has 2 nitrogen and oxygen atoms in total. The Morgan fingerprint density at radius 3 is 2.15 bits per heavy atom. The summed E-state index contributed by atoms with van der Waals surface area (Å²) in [6, 6.07) is 14.3. The molecule has 0 heterocycles. The molecule has 0 aliphatic heterocycles. The molecular formula is C24H28O2. The first kappa shape index (κ1) is 18.4. The minimum atomic E-state index is -0.272. The van der Waals surface area contributed by atoms with E-state index in [2.05, 4.69) is 58.0 Å². The summed E-state index contributed by atoms with van der Waals surface area (Å²) >= 11 is 0. The monoisotopic (exact) mass is 348 g/mol. The van der Waals surface area contributed by atoms with E-state index in [1.54, 1.807) is 0 Å². The van der Waals surface area contributed by atoms with Crippen LogP contribution in [-0.4, -0.2) is 12.6 Å². The van der Waals surface area contributed by atoms with Gasteiger partial charge in [-0.25, -0.2) is 4.79 Å². The van der Waals surface area contributed by atoms with E-state index in [0.717, 1.165) is 5.56 Å². The van der Waals surface area contributed by atoms with Crippen molar-refractivity contribution in [2.75, 3.05) is 6.61 Å². The van der Waals surface area contributed by atoms with Gasteiger partial charge in [-0.3, -0.25) is 0 Å². The van der Waals surface area contributed by atoms with Crippen molar-refractivity contribution in [1.29, 1.82) is 0 Å². The Bertz CT molecular complexity index is 839. The van der Waals surface area contributed by atoms with Crippen LogP contribution in [0.3, 0.4) is 0 Å². The van der Waals surface area contributed by atoms with E-state index < -0.39 is 0 Å². The molecule has 2 aromatic carbocycles. The second kappa shape index (κ2) is 6.75. The molecule has 3 rings (SSSR count). The summed E-state index contributed by atoms with van der Waals surface area (Å²) < 4.78 is 5.02. The van der Waals surface area contributed by atoms with Crippen LogP contribution in [0, 0.1) is 0 Å². The van der Waals surface area contributed by atoms with Gasteiger partial charge in [-0.2, -0.15) is 0 Å². The summed E-state index contributed by atoms with van der Waals surface area (Å²) in [5.41, 5.74) is 6.25. The molecule has 1 aliphatic carbocycles. The summed E-state index contributed by atoms with van der Waals surface area (Å²) in [6.45, 7) is 11.5. The minimum Gasteiger partial charge on any atom is -0.462 e. The van der Waals surface area contributed by atoms with Crippen molar-refractivity contribution >= 4 is 18.1 Å². The first-order valence-electron chi connectivity index (χ1n) is 9.33. The molecule has 0 saturated heterocycles. The molecule has 0 saturated carbocycles. The maximum Gasteiger partial charge on any atom is 0.338 e. The van der Waals surface area contributed by atoms with Gasteiger partial charge in [0, 0.05) is 0 Å². The number of ether oxygens (including phenoxy) is 1. The average molecular weight is 348 g/mol. The van der Waals surface area contributed by atoms with Crippen LogP contribution >= 0.6 is 0 Å². The Hall–Kier alpha value is -2.35. The van der Waals surface area contributed by atoms with Gasteiger partial charge in [-0.15, -0.1) is 0 Å². The molecule has 0 atom stereocenters. The van der Waals surface area contributed by atoms with Crippen LogP contribution in [0.15, 0.2) is 42.5 Å². The summed E-state index contributed by atoms with van der Waals surface area (Å²) in [5.74, 6) is -0.272. The van der Waals surface area contributed by atoms with E-state index in [9.17, 15) is 4.79 Å². The molecule has 26 heavy (non-hydrogen) atoms. The normalized spacial score (nSPS) is 17.3. The number of hydrogen-bond acceptors (Lipinski definition) is 2. The number of benzene rings is 2. The van der Waals surface area contributed by atoms with Crippen LogP contribution in [-0.2, 0) is 15.6 Å². The highest BCUT2D eigenvalue weighted by Gasteiger charge is 2.41. The van der Waals surface area contributed by atoms with Crippen molar-refractivity contribution in [1.82, 2.24) is 0 Å². The smallest absolute Gasteiger partial charge is 0.338 e. The van der Waals surface area contributed by atoms with Crippen molar-refractivity contribution < 1.29 is 9.53 Å².